The van der Waals surface area contributed by atoms with E-state index >= 15 is 0 Å². The lowest BCUT2D eigenvalue weighted by atomic mass is 9.76. The summed E-state index contributed by atoms with van der Waals surface area (Å²) in [6, 6.07) is 6.10. The Morgan fingerprint density at radius 3 is 1.90 bits per heavy atom. The van der Waals surface area contributed by atoms with Gasteiger partial charge in [0.1, 0.15) is 17.7 Å². The summed E-state index contributed by atoms with van der Waals surface area (Å²) >= 11 is 0. The molecule has 10 nitrogen and oxygen atoms in total. The number of nitrogens with zero attached hydrogens (tertiary/aromatic N) is 2. The number of hydrogen-bond acceptors (Lipinski definition) is 6. The predicted molar refractivity (Wildman–Crippen MR) is 154 cm³/mol. The van der Waals surface area contributed by atoms with Crippen LogP contribution in [0.3, 0.4) is 0 Å². The standard InChI is InChI=1S/C30H47N3O7/c1-18(2)22(17-19(3)27(37)38)32(10)26(36)23(20(4)34)31-25(35)24(33(11)28(39)40-29(5,6)7)30(8,9)21-15-13-12-14-16-21/h12-18,20,22-24,34H,1-11H3,(H,31,35)(H,37,38)/b19-17+/t20-,22-,23-,24+/m0/s1. The molecule has 3 N–H and O–H groups in total. The number of benzene rings is 1. The van der Waals surface area contributed by atoms with Gasteiger partial charge in [-0.2, -0.15) is 0 Å². The summed E-state index contributed by atoms with van der Waals surface area (Å²) in [5.74, 6) is -2.53. The minimum absolute atomic E-state index is 0.0691. The number of aliphatic hydroxyl groups excluding tert-OH is 1. The van der Waals surface area contributed by atoms with E-state index in [4.69, 9.17) is 4.74 Å². The number of likely N-dealkylation sites (N-methyl/N-ethyl adjacent to an activating group) is 2. The van der Waals surface area contributed by atoms with Gasteiger partial charge in [0.15, 0.2) is 0 Å². The average Bonchev–Trinajstić information content (AvgIpc) is 2.83. The molecule has 224 valence electrons. The molecule has 0 bridgehead atoms. The first-order chi connectivity index (χ1) is 18.2. The topological polar surface area (TPSA) is 136 Å². The van der Waals surface area contributed by atoms with Gasteiger partial charge >= 0.3 is 12.1 Å². The van der Waals surface area contributed by atoms with Gasteiger partial charge in [-0.15, -0.1) is 0 Å². The SMILES string of the molecule is C/C(=C\[C@@H](C(C)C)N(C)C(=O)[C@@H](NC(=O)[C@@H](N(C)C(=O)OC(C)(C)C)C(C)(C)c1ccccc1)[C@H](C)O)C(=O)O. The average molecular weight is 562 g/mol. The molecule has 0 aliphatic rings. The Morgan fingerprint density at radius 1 is 0.950 bits per heavy atom. The first kappa shape index (κ1) is 34.6. The van der Waals surface area contributed by atoms with Crippen molar-refractivity contribution in [3.05, 3.63) is 47.5 Å². The van der Waals surface area contributed by atoms with Crippen LogP contribution in [0.1, 0.15) is 67.9 Å². The van der Waals surface area contributed by atoms with Gasteiger partial charge in [0.05, 0.1) is 12.1 Å². The minimum Gasteiger partial charge on any atom is -0.478 e. The number of ether oxygens (including phenoxy) is 1. The largest absolute Gasteiger partial charge is 0.478 e. The molecule has 0 aliphatic carbocycles. The van der Waals surface area contributed by atoms with E-state index in [9.17, 15) is 29.4 Å². The summed E-state index contributed by atoms with van der Waals surface area (Å²) in [7, 11) is 2.96. The number of aliphatic carboxylic acids is 1. The second kappa shape index (κ2) is 13.8. The van der Waals surface area contributed by atoms with Gasteiger partial charge in [0.25, 0.3) is 0 Å². The summed E-state index contributed by atoms with van der Waals surface area (Å²) in [5, 5.41) is 22.6. The van der Waals surface area contributed by atoms with Crippen molar-refractivity contribution in [1.29, 1.82) is 0 Å². The van der Waals surface area contributed by atoms with E-state index in [1.54, 1.807) is 20.8 Å². The van der Waals surface area contributed by atoms with Crippen LogP contribution in [0.15, 0.2) is 42.0 Å². The number of aliphatic hydroxyl groups is 1. The lowest BCUT2D eigenvalue weighted by Gasteiger charge is -2.41. The maximum Gasteiger partial charge on any atom is 0.410 e. The number of hydrogen-bond donors (Lipinski definition) is 3. The van der Waals surface area contributed by atoms with Crippen molar-refractivity contribution in [2.45, 2.75) is 97.6 Å². The van der Waals surface area contributed by atoms with Crippen molar-refractivity contribution in [1.82, 2.24) is 15.1 Å². The normalized spacial score (nSPS) is 15.5. The lowest BCUT2D eigenvalue weighted by Crippen LogP contribution is -2.62. The molecular formula is C30H47N3O7. The molecule has 0 heterocycles. The molecule has 10 heteroatoms. The summed E-state index contributed by atoms with van der Waals surface area (Å²) in [4.78, 5) is 54.6. The van der Waals surface area contributed by atoms with E-state index in [1.165, 1.54) is 43.8 Å². The third-order valence-electron chi connectivity index (χ3n) is 6.80. The van der Waals surface area contributed by atoms with E-state index in [0.29, 0.717) is 0 Å². The molecule has 0 spiro atoms. The van der Waals surface area contributed by atoms with Gasteiger partial charge in [-0.3, -0.25) is 14.5 Å². The van der Waals surface area contributed by atoms with Crippen LogP contribution in [0.5, 0.6) is 0 Å². The molecule has 0 saturated carbocycles. The highest BCUT2D eigenvalue weighted by Gasteiger charge is 2.44. The number of nitrogens with one attached hydrogen (secondary N) is 1. The molecule has 0 saturated heterocycles. The number of carboxylic acid groups (broad SMARTS) is 1. The first-order valence-corrected chi connectivity index (χ1v) is 13.4. The number of carbonyl (C=O) groups is 4. The molecule has 40 heavy (non-hydrogen) atoms. The maximum absolute atomic E-state index is 14.0. The summed E-state index contributed by atoms with van der Waals surface area (Å²) < 4.78 is 5.54. The van der Waals surface area contributed by atoms with Crippen LogP contribution in [-0.2, 0) is 24.5 Å². The van der Waals surface area contributed by atoms with Crippen molar-refractivity contribution in [3.63, 3.8) is 0 Å². The fourth-order valence-corrected chi connectivity index (χ4v) is 4.52. The Bertz CT molecular complexity index is 1070. The van der Waals surface area contributed by atoms with Gasteiger partial charge in [-0.1, -0.05) is 64.1 Å². The van der Waals surface area contributed by atoms with Crippen LogP contribution < -0.4 is 5.32 Å². The second-order valence-electron chi connectivity index (χ2n) is 12.1. The van der Waals surface area contributed by atoms with E-state index in [0.717, 1.165) is 5.56 Å². The number of amides is 3. The molecule has 4 atom stereocenters. The van der Waals surface area contributed by atoms with E-state index < -0.39 is 59.1 Å². The molecule has 0 aromatic heterocycles. The van der Waals surface area contributed by atoms with Gasteiger partial charge in [0.2, 0.25) is 11.8 Å². The number of carboxylic acids is 1. The van der Waals surface area contributed by atoms with Crippen molar-refractivity contribution < 1.29 is 34.1 Å². The fourth-order valence-electron chi connectivity index (χ4n) is 4.52. The van der Waals surface area contributed by atoms with Crippen LogP contribution in [0.2, 0.25) is 0 Å². The quantitative estimate of drug-likeness (QED) is 0.351. The highest BCUT2D eigenvalue weighted by atomic mass is 16.6. The van der Waals surface area contributed by atoms with Gasteiger partial charge < -0.3 is 25.2 Å². The van der Waals surface area contributed by atoms with Crippen LogP contribution in [0, 0.1) is 5.92 Å². The smallest absolute Gasteiger partial charge is 0.410 e. The Kier molecular flexibility index (Phi) is 11.9. The molecule has 0 aliphatic heterocycles. The molecule has 1 aromatic rings. The summed E-state index contributed by atoms with van der Waals surface area (Å²) in [6.45, 7) is 15.3. The van der Waals surface area contributed by atoms with E-state index in [2.05, 4.69) is 5.32 Å². The third-order valence-corrected chi connectivity index (χ3v) is 6.80. The molecule has 0 fully saturated rings. The Morgan fingerprint density at radius 2 is 1.48 bits per heavy atom. The zero-order valence-corrected chi connectivity index (χ0v) is 25.7. The van der Waals surface area contributed by atoms with Crippen molar-refractivity contribution in [2.75, 3.05) is 14.1 Å². The second-order valence-corrected chi connectivity index (χ2v) is 12.1. The molecule has 1 rings (SSSR count). The lowest BCUT2D eigenvalue weighted by molar-refractivity contribution is -0.141. The van der Waals surface area contributed by atoms with Gasteiger partial charge in [0, 0.05) is 25.1 Å². The monoisotopic (exact) mass is 561 g/mol. The first-order valence-electron chi connectivity index (χ1n) is 13.4. The Hall–Kier alpha value is -3.40. The minimum atomic E-state index is -1.36. The van der Waals surface area contributed by atoms with E-state index in [1.807, 2.05) is 58.0 Å². The molecule has 1 aromatic carbocycles. The molecular weight excluding hydrogens is 514 g/mol. The fraction of sp³-hybridized carbons (Fsp3) is 0.600. The highest BCUT2D eigenvalue weighted by molar-refractivity contribution is 5.93. The van der Waals surface area contributed by atoms with Crippen LogP contribution in [0.4, 0.5) is 4.79 Å². The van der Waals surface area contributed by atoms with Crippen LogP contribution >= 0.6 is 0 Å². The van der Waals surface area contributed by atoms with Crippen molar-refractivity contribution >= 4 is 23.9 Å². The summed E-state index contributed by atoms with van der Waals surface area (Å²) in [6.07, 6.45) is -0.532. The highest BCUT2D eigenvalue weighted by Crippen LogP contribution is 2.31. The van der Waals surface area contributed by atoms with Gasteiger partial charge in [-0.05, 0) is 46.1 Å². The zero-order valence-electron chi connectivity index (χ0n) is 25.7. The summed E-state index contributed by atoms with van der Waals surface area (Å²) in [5.41, 5.74) is -0.898. The van der Waals surface area contributed by atoms with Crippen LogP contribution in [0.25, 0.3) is 0 Å². The van der Waals surface area contributed by atoms with Crippen molar-refractivity contribution in [3.8, 4) is 0 Å². The molecule has 3 amide bonds. The van der Waals surface area contributed by atoms with Gasteiger partial charge in [-0.25, -0.2) is 9.59 Å². The molecule has 0 unspecified atom stereocenters. The van der Waals surface area contributed by atoms with Crippen LogP contribution in [-0.4, -0.2) is 87.8 Å². The maximum atomic E-state index is 14.0. The van der Waals surface area contributed by atoms with E-state index in [-0.39, 0.29) is 11.5 Å². The third kappa shape index (κ3) is 9.08. The number of rotatable bonds is 11. The molecule has 0 radical (unpaired) electrons. The number of carbonyl (C=O) groups excluding carboxylic acids is 3. The Balaban J connectivity index is 3.50. The zero-order chi connectivity index (χ0) is 31.2. The van der Waals surface area contributed by atoms with Crippen molar-refractivity contribution in [2.24, 2.45) is 5.92 Å². The predicted octanol–water partition coefficient (Wildman–Crippen LogP) is 3.58. The Labute approximate surface area is 238 Å².